The molecule has 0 fully saturated rings. The van der Waals surface area contributed by atoms with E-state index in [4.69, 9.17) is 21.4 Å². The standard InChI is InChI=1S/C11H13BrClNO5S/c1-19-4-2-3-14-20(17,18)7-5-8(11(15)16)10(13)9(12)6-7/h5-6,14H,2-4H2,1H3,(H,15,16). The van der Waals surface area contributed by atoms with Crippen molar-refractivity contribution in [2.75, 3.05) is 20.3 Å². The molecule has 0 saturated carbocycles. The van der Waals surface area contributed by atoms with Gasteiger partial charge in [-0.3, -0.25) is 0 Å². The zero-order valence-corrected chi connectivity index (χ0v) is 13.7. The van der Waals surface area contributed by atoms with Crippen molar-refractivity contribution in [1.29, 1.82) is 0 Å². The van der Waals surface area contributed by atoms with Crippen LogP contribution in [0.4, 0.5) is 0 Å². The van der Waals surface area contributed by atoms with Crippen LogP contribution < -0.4 is 4.72 Å². The van der Waals surface area contributed by atoms with Crippen LogP contribution in [0.2, 0.25) is 5.02 Å². The third-order valence-corrected chi connectivity index (χ3v) is 5.06. The van der Waals surface area contributed by atoms with Gasteiger partial charge in [-0.25, -0.2) is 17.9 Å². The number of carbonyl (C=O) groups is 1. The van der Waals surface area contributed by atoms with E-state index in [1.165, 1.54) is 13.2 Å². The first-order valence-electron chi connectivity index (χ1n) is 5.50. The van der Waals surface area contributed by atoms with Crippen LogP contribution in [-0.2, 0) is 14.8 Å². The second-order valence-corrected chi connectivity index (χ2v) is 6.82. The first-order valence-corrected chi connectivity index (χ1v) is 8.16. The van der Waals surface area contributed by atoms with Gasteiger partial charge in [-0.1, -0.05) is 11.6 Å². The average Bonchev–Trinajstić information content (AvgIpc) is 2.37. The van der Waals surface area contributed by atoms with E-state index in [1.54, 1.807) is 0 Å². The van der Waals surface area contributed by atoms with Crippen LogP contribution in [0, 0.1) is 0 Å². The number of hydrogen-bond acceptors (Lipinski definition) is 4. The Bertz CT molecular complexity index is 605. The van der Waals surface area contributed by atoms with Crippen LogP contribution in [0.3, 0.4) is 0 Å². The van der Waals surface area contributed by atoms with E-state index < -0.39 is 16.0 Å². The summed E-state index contributed by atoms with van der Waals surface area (Å²) >= 11 is 8.84. The minimum atomic E-state index is -3.79. The van der Waals surface area contributed by atoms with Crippen molar-refractivity contribution < 1.29 is 23.1 Å². The third kappa shape index (κ3) is 4.42. The number of methoxy groups -OCH3 is 1. The first kappa shape index (κ1) is 17.4. The molecule has 20 heavy (non-hydrogen) atoms. The molecule has 0 aliphatic carbocycles. The number of nitrogens with one attached hydrogen (secondary N) is 1. The highest BCUT2D eigenvalue weighted by Gasteiger charge is 2.20. The number of rotatable bonds is 7. The molecule has 112 valence electrons. The van der Waals surface area contributed by atoms with Gasteiger partial charge in [-0.05, 0) is 34.5 Å². The first-order chi connectivity index (χ1) is 9.29. The quantitative estimate of drug-likeness (QED) is 0.700. The van der Waals surface area contributed by atoms with Crippen LogP contribution in [-0.4, -0.2) is 39.8 Å². The van der Waals surface area contributed by atoms with Crippen LogP contribution in [0.25, 0.3) is 0 Å². The molecule has 1 aromatic rings. The SMILES string of the molecule is COCCCNS(=O)(=O)c1cc(Br)c(Cl)c(C(=O)O)c1. The van der Waals surface area contributed by atoms with E-state index in [9.17, 15) is 13.2 Å². The Balaban J connectivity index is 3.04. The van der Waals surface area contributed by atoms with Gasteiger partial charge in [0.1, 0.15) is 0 Å². The molecular formula is C11H13BrClNO5S. The summed E-state index contributed by atoms with van der Waals surface area (Å²) in [6.45, 7) is 0.617. The third-order valence-electron chi connectivity index (χ3n) is 2.36. The minimum absolute atomic E-state index is 0.0455. The van der Waals surface area contributed by atoms with E-state index in [0.717, 1.165) is 6.07 Å². The highest BCUT2D eigenvalue weighted by atomic mass is 79.9. The van der Waals surface area contributed by atoms with Crippen LogP contribution >= 0.6 is 27.5 Å². The maximum Gasteiger partial charge on any atom is 0.337 e. The van der Waals surface area contributed by atoms with E-state index in [-0.39, 0.29) is 26.5 Å². The predicted molar refractivity (Wildman–Crippen MR) is 77.8 cm³/mol. The lowest BCUT2D eigenvalue weighted by Gasteiger charge is -2.09. The van der Waals surface area contributed by atoms with Crippen molar-refractivity contribution >= 4 is 43.5 Å². The molecule has 0 unspecified atom stereocenters. The molecule has 0 aromatic heterocycles. The normalized spacial score (nSPS) is 11.6. The summed E-state index contributed by atoms with van der Waals surface area (Å²) in [4.78, 5) is 10.9. The van der Waals surface area contributed by atoms with Gasteiger partial charge in [-0.2, -0.15) is 0 Å². The maximum absolute atomic E-state index is 12.0. The molecular weight excluding hydrogens is 374 g/mol. The molecule has 0 spiro atoms. The van der Waals surface area contributed by atoms with E-state index in [0.29, 0.717) is 13.0 Å². The monoisotopic (exact) mass is 385 g/mol. The molecule has 0 saturated heterocycles. The van der Waals surface area contributed by atoms with Gasteiger partial charge < -0.3 is 9.84 Å². The Morgan fingerprint density at radius 2 is 2.15 bits per heavy atom. The molecule has 0 bridgehead atoms. The number of sulfonamides is 1. The fourth-order valence-corrected chi connectivity index (χ4v) is 3.31. The molecule has 0 aliphatic rings. The lowest BCUT2D eigenvalue weighted by Crippen LogP contribution is -2.25. The second kappa shape index (κ2) is 7.37. The Kier molecular flexibility index (Phi) is 6.41. The lowest BCUT2D eigenvalue weighted by molar-refractivity contribution is 0.0696. The smallest absolute Gasteiger partial charge is 0.337 e. The Labute approximate surface area is 130 Å². The molecule has 0 radical (unpaired) electrons. The summed E-state index contributed by atoms with van der Waals surface area (Å²) < 4.78 is 31.4. The van der Waals surface area contributed by atoms with Gasteiger partial charge in [0.25, 0.3) is 0 Å². The number of ether oxygens (including phenoxy) is 1. The molecule has 0 amide bonds. The second-order valence-electron chi connectivity index (χ2n) is 3.82. The summed E-state index contributed by atoms with van der Waals surface area (Å²) in [5, 5.41) is 8.94. The highest BCUT2D eigenvalue weighted by Crippen LogP contribution is 2.29. The molecule has 0 atom stereocenters. The van der Waals surface area contributed by atoms with Crippen molar-refractivity contribution in [2.45, 2.75) is 11.3 Å². The van der Waals surface area contributed by atoms with Gasteiger partial charge in [0.2, 0.25) is 10.0 Å². The van der Waals surface area contributed by atoms with E-state index >= 15 is 0 Å². The molecule has 6 nitrogen and oxygen atoms in total. The lowest BCUT2D eigenvalue weighted by atomic mass is 10.2. The number of hydrogen-bond donors (Lipinski definition) is 2. The topological polar surface area (TPSA) is 92.7 Å². The molecule has 1 aromatic carbocycles. The fraction of sp³-hybridized carbons (Fsp3) is 0.364. The summed E-state index contributed by atoms with van der Waals surface area (Å²) in [5.41, 5.74) is -0.279. The maximum atomic E-state index is 12.0. The Hall–Kier alpha value is -0.670. The summed E-state index contributed by atoms with van der Waals surface area (Å²) in [7, 11) is -2.28. The summed E-state index contributed by atoms with van der Waals surface area (Å²) in [6, 6.07) is 2.28. The van der Waals surface area contributed by atoms with Crippen molar-refractivity contribution in [3.63, 3.8) is 0 Å². The number of carboxylic acids is 1. The van der Waals surface area contributed by atoms with Gasteiger partial charge in [-0.15, -0.1) is 0 Å². The van der Waals surface area contributed by atoms with Gasteiger partial charge >= 0.3 is 5.97 Å². The van der Waals surface area contributed by atoms with Crippen LogP contribution in [0.1, 0.15) is 16.8 Å². The zero-order valence-electron chi connectivity index (χ0n) is 10.5. The summed E-state index contributed by atoms with van der Waals surface area (Å²) in [5.74, 6) is -1.30. The van der Waals surface area contributed by atoms with Gasteiger partial charge in [0.05, 0.1) is 15.5 Å². The fourth-order valence-electron chi connectivity index (χ4n) is 1.38. The van der Waals surface area contributed by atoms with Crippen molar-refractivity contribution in [1.82, 2.24) is 4.72 Å². The molecule has 9 heteroatoms. The predicted octanol–water partition coefficient (Wildman–Crippen LogP) is 2.12. The Morgan fingerprint density at radius 3 is 2.70 bits per heavy atom. The molecule has 0 heterocycles. The van der Waals surface area contributed by atoms with Gasteiger partial charge in [0, 0.05) is 24.7 Å². The highest BCUT2D eigenvalue weighted by molar-refractivity contribution is 9.10. The number of carboxylic acid groups (broad SMARTS) is 1. The summed E-state index contributed by atoms with van der Waals surface area (Å²) in [6.07, 6.45) is 0.510. The van der Waals surface area contributed by atoms with Crippen molar-refractivity contribution in [2.24, 2.45) is 0 Å². The van der Waals surface area contributed by atoms with Crippen LogP contribution in [0.5, 0.6) is 0 Å². The van der Waals surface area contributed by atoms with Crippen molar-refractivity contribution in [3.8, 4) is 0 Å². The van der Waals surface area contributed by atoms with E-state index in [1.807, 2.05) is 0 Å². The minimum Gasteiger partial charge on any atom is -0.478 e. The average molecular weight is 387 g/mol. The molecule has 2 N–H and O–H groups in total. The van der Waals surface area contributed by atoms with Crippen LogP contribution in [0.15, 0.2) is 21.5 Å². The number of halogens is 2. The molecule has 1 rings (SSSR count). The Morgan fingerprint density at radius 1 is 1.50 bits per heavy atom. The number of aromatic carboxylic acids is 1. The zero-order chi connectivity index (χ0) is 15.3. The van der Waals surface area contributed by atoms with Crippen molar-refractivity contribution in [3.05, 3.63) is 27.2 Å². The van der Waals surface area contributed by atoms with E-state index in [2.05, 4.69) is 20.7 Å². The molecule has 0 aliphatic heterocycles. The number of benzene rings is 1. The van der Waals surface area contributed by atoms with Gasteiger partial charge in [0.15, 0.2) is 0 Å². The largest absolute Gasteiger partial charge is 0.478 e.